The monoisotopic (exact) mass is 326 g/mol. The van der Waals surface area contributed by atoms with Crippen LogP contribution < -0.4 is 0 Å². The van der Waals surface area contributed by atoms with E-state index < -0.39 is 0 Å². The molecule has 0 aromatic heterocycles. The van der Waals surface area contributed by atoms with Crippen molar-refractivity contribution in [3.63, 3.8) is 0 Å². The predicted octanol–water partition coefficient (Wildman–Crippen LogP) is 4.97. The second-order valence-electron chi connectivity index (χ2n) is 7.39. The summed E-state index contributed by atoms with van der Waals surface area (Å²) in [5.74, 6) is 1.53. The maximum absolute atomic E-state index is 5.87. The van der Waals surface area contributed by atoms with E-state index in [1.807, 2.05) is 0 Å². The minimum Gasteiger partial charge on any atom is -0.381 e. The van der Waals surface area contributed by atoms with Gasteiger partial charge in [0.15, 0.2) is 0 Å². The van der Waals surface area contributed by atoms with Crippen LogP contribution in [0.1, 0.15) is 78.1 Å². The molecule has 136 valence electrons. The molecule has 2 saturated heterocycles. The maximum Gasteiger partial charge on any atom is 0.0625 e. The molecule has 2 aliphatic rings. The van der Waals surface area contributed by atoms with Crippen LogP contribution in [-0.2, 0) is 14.2 Å². The van der Waals surface area contributed by atoms with Gasteiger partial charge < -0.3 is 14.2 Å². The Morgan fingerprint density at radius 1 is 0.783 bits per heavy atom. The Balaban J connectivity index is 1.46. The van der Waals surface area contributed by atoms with Gasteiger partial charge in [-0.15, -0.1) is 0 Å². The van der Waals surface area contributed by atoms with Crippen molar-refractivity contribution in [2.75, 3.05) is 26.4 Å². The summed E-state index contributed by atoms with van der Waals surface area (Å²) < 4.78 is 17.2. The lowest BCUT2D eigenvalue weighted by Crippen LogP contribution is -2.34. The van der Waals surface area contributed by atoms with E-state index in [1.165, 1.54) is 64.2 Å². The second-order valence-corrected chi connectivity index (χ2v) is 7.39. The van der Waals surface area contributed by atoms with Gasteiger partial charge in [0.1, 0.15) is 0 Å². The number of hydrogen-bond acceptors (Lipinski definition) is 3. The summed E-state index contributed by atoms with van der Waals surface area (Å²) in [6, 6.07) is 0. The molecule has 3 nitrogen and oxygen atoms in total. The predicted molar refractivity (Wildman–Crippen MR) is 94.8 cm³/mol. The van der Waals surface area contributed by atoms with Crippen molar-refractivity contribution in [2.45, 2.75) is 90.3 Å². The number of hydrogen-bond donors (Lipinski definition) is 0. The summed E-state index contributed by atoms with van der Waals surface area (Å²) in [5, 5.41) is 0. The van der Waals surface area contributed by atoms with Crippen molar-refractivity contribution < 1.29 is 14.2 Å². The average molecular weight is 327 g/mol. The van der Waals surface area contributed by atoms with Crippen LogP contribution in [0.5, 0.6) is 0 Å². The molecule has 0 aliphatic carbocycles. The Kier molecular flexibility index (Phi) is 9.55. The quantitative estimate of drug-likeness (QED) is 0.422. The van der Waals surface area contributed by atoms with Crippen LogP contribution in [0, 0.1) is 11.8 Å². The molecular formula is C20H38O3. The van der Waals surface area contributed by atoms with Crippen molar-refractivity contribution >= 4 is 0 Å². The van der Waals surface area contributed by atoms with Gasteiger partial charge in [-0.3, -0.25) is 0 Å². The van der Waals surface area contributed by atoms with Crippen LogP contribution in [0.3, 0.4) is 0 Å². The smallest absolute Gasteiger partial charge is 0.0625 e. The highest BCUT2D eigenvalue weighted by molar-refractivity contribution is 4.77. The Morgan fingerprint density at radius 3 is 1.52 bits per heavy atom. The SMILES string of the molecule is CCCC(CCCOCCCC(CCC)C1CCO1)C1CCO1. The largest absolute Gasteiger partial charge is 0.381 e. The van der Waals surface area contributed by atoms with Crippen molar-refractivity contribution in [3.8, 4) is 0 Å². The van der Waals surface area contributed by atoms with Gasteiger partial charge in [0, 0.05) is 26.4 Å². The molecule has 2 fully saturated rings. The molecule has 0 bridgehead atoms. The van der Waals surface area contributed by atoms with Gasteiger partial charge in [-0.1, -0.05) is 26.7 Å². The van der Waals surface area contributed by atoms with E-state index in [9.17, 15) is 0 Å². The summed E-state index contributed by atoms with van der Waals surface area (Å²) in [4.78, 5) is 0. The van der Waals surface area contributed by atoms with Gasteiger partial charge in [0.2, 0.25) is 0 Å². The van der Waals surface area contributed by atoms with Crippen LogP contribution in [0.2, 0.25) is 0 Å². The first-order chi connectivity index (χ1) is 11.3. The third-order valence-corrected chi connectivity index (χ3v) is 5.57. The zero-order chi connectivity index (χ0) is 16.3. The third-order valence-electron chi connectivity index (χ3n) is 5.57. The molecule has 23 heavy (non-hydrogen) atoms. The average Bonchev–Trinajstić information content (AvgIpc) is 2.42. The highest BCUT2D eigenvalue weighted by atomic mass is 16.5. The lowest BCUT2D eigenvalue weighted by molar-refractivity contribution is -0.0907. The zero-order valence-electron chi connectivity index (χ0n) is 15.4. The number of ether oxygens (including phenoxy) is 3. The first-order valence-electron chi connectivity index (χ1n) is 10.2. The van der Waals surface area contributed by atoms with Gasteiger partial charge in [-0.05, 0) is 63.2 Å². The molecule has 0 spiro atoms. The van der Waals surface area contributed by atoms with Gasteiger partial charge in [-0.2, -0.15) is 0 Å². The molecule has 0 radical (unpaired) electrons. The molecule has 0 aromatic rings. The van der Waals surface area contributed by atoms with E-state index >= 15 is 0 Å². The Bertz CT molecular complexity index is 259. The summed E-state index contributed by atoms with van der Waals surface area (Å²) in [6.45, 7) is 8.36. The number of rotatable bonds is 14. The van der Waals surface area contributed by atoms with Crippen LogP contribution in [0.25, 0.3) is 0 Å². The van der Waals surface area contributed by atoms with Crippen LogP contribution >= 0.6 is 0 Å². The Labute approximate surface area is 143 Å². The van der Waals surface area contributed by atoms with Crippen LogP contribution in [0.4, 0.5) is 0 Å². The molecular weight excluding hydrogens is 288 g/mol. The Morgan fingerprint density at radius 2 is 1.22 bits per heavy atom. The highest BCUT2D eigenvalue weighted by Crippen LogP contribution is 2.29. The minimum atomic E-state index is 0.548. The summed E-state index contributed by atoms with van der Waals surface area (Å²) >= 11 is 0. The fraction of sp³-hybridized carbons (Fsp3) is 1.00. The fourth-order valence-corrected chi connectivity index (χ4v) is 4.02. The topological polar surface area (TPSA) is 27.7 Å². The van der Waals surface area contributed by atoms with Gasteiger partial charge >= 0.3 is 0 Å². The van der Waals surface area contributed by atoms with Crippen LogP contribution in [0.15, 0.2) is 0 Å². The van der Waals surface area contributed by atoms with E-state index in [1.54, 1.807) is 0 Å². The first kappa shape index (κ1) is 19.2. The molecule has 4 unspecified atom stereocenters. The summed E-state index contributed by atoms with van der Waals surface area (Å²) in [5.41, 5.74) is 0. The van der Waals surface area contributed by atoms with Gasteiger partial charge in [0.25, 0.3) is 0 Å². The van der Waals surface area contributed by atoms with Gasteiger partial charge in [-0.25, -0.2) is 0 Å². The van der Waals surface area contributed by atoms with E-state index in [0.29, 0.717) is 12.2 Å². The van der Waals surface area contributed by atoms with E-state index in [-0.39, 0.29) is 0 Å². The lowest BCUT2D eigenvalue weighted by Gasteiger charge is -2.34. The first-order valence-corrected chi connectivity index (χ1v) is 10.2. The molecule has 2 heterocycles. The van der Waals surface area contributed by atoms with Crippen molar-refractivity contribution in [2.24, 2.45) is 11.8 Å². The highest BCUT2D eigenvalue weighted by Gasteiger charge is 2.28. The molecule has 2 aliphatic heterocycles. The molecule has 2 rings (SSSR count). The normalized spacial score (nSPS) is 26.3. The molecule has 4 atom stereocenters. The minimum absolute atomic E-state index is 0.548. The standard InChI is InChI=1S/C20H38O3/c1-3-7-17(19-11-15-22-19)9-5-13-21-14-6-10-18(8-4-2)20-12-16-23-20/h17-20H,3-16H2,1-2H3. The second kappa shape index (κ2) is 11.4. The van der Waals surface area contributed by atoms with Gasteiger partial charge in [0.05, 0.1) is 12.2 Å². The van der Waals surface area contributed by atoms with E-state index in [0.717, 1.165) is 38.3 Å². The van der Waals surface area contributed by atoms with Crippen molar-refractivity contribution in [1.82, 2.24) is 0 Å². The van der Waals surface area contributed by atoms with E-state index in [4.69, 9.17) is 14.2 Å². The maximum atomic E-state index is 5.87. The van der Waals surface area contributed by atoms with Crippen molar-refractivity contribution in [3.05, 3.63) is 0 Å². The molecule has 3 heteroatoms. The molecule has 0 aromatic carbocycles. The fourth-order valence-electron chi connectivity index (χ4n) is 4.02. The summed E-state index contributed by atoms with van der Waals surface area (Å²) in [6.07, 6.45) is 13.7. The van der Waals surface area contributed by atoms with Crippen LogP contribution in [-0.4, -0.2) is 38.6 Å². The zero-order valence-corrected chi connectivity index (χ0v) is 15.4. The molecule has 0 saturated carbocycles. The van der Waals surface area contributed by atoms with Crippen molar-refractivity contribution in [1.29, 1.82) is 0 Å². The molecule has 0 amide bonds. The third kappa shape index (κ3) is 6.72. The Hall–Kier alpha value is -0.120. The lowest BCUT2D eigenvalue weighted by atomic mass is 9.88. The van der Waals surface area contributed by atoms with E-state index in [2.05, 4.69) is 13.8 Å². The molecule has 0 N–H and O–H groups in total. The summed E-state index contributed by atoms with van der Waals surface area (Å²) in [7, 11) is 0.